The lowest BCUT2D eigenvalue weighted by Crippen LogP contribution is -2.72. The smallest absolute Gasteiger partial charge is 0.0623 e. The van der Waals surface area contributed by atoms with Gasteiger partial charge in [-0.2, -0.15) is 0 Å². The summed E-state index contributed by atoms with van der Waals surface area (Å²) in [5.41, 5.74) is 4.12. The summed E-state index contributed by atoms with van der Waals surface area (Å²) in [6.45, 7) is 2.21. The minimum atomic E-state index is -2.49. The summed E-state index contributed by atoms with van der Waals surface area (Å²) in [7, 11) is -2.49. The second kappa shape index (κ2) is 7.28. The van der Waals surface area contributed by atoms with Crippen molar-refractivity contribution in [2.45, 2.75) is 6.92 Å². The molecule has 6 aromatic rings. The Balaban J connectivity index is 1.73. The van der Waals surface area contributed by atoms with E-state index in [1.165, 1.54) is 59.0 Å². The van der Waals surface area contributed by atoms with Gasteiger partial charge in [0.15, 0.2) is 8.07 Å². The Labute approximate surface area is 201 Å². The quantitative estimate of drug-likeness (QED) is 0.236. The third-order valence-electron chi connectivity index (χ3n) is 7.65. The van der Waals surface area contributed by atoms with E-state index in [0.717, 1.165) is 0 Å². The van der Waals surface area contributed by atoms with E-state index in [4.69, 9.17) is 0 Å². The van der Waals surface area contributed by atoms with Crippen LogP contribution in [0, 0.1) is 6.92 Å². The minimum Gasteiger partial charge on any atom is -0.0623 e. The van der Waals surface area contributed by atoms with E-state index in [1.54, 1.807) is 0 Å². The molecule has 0 saturated carbocycles. The Morgan fingerprint density at radius 3 is 1.82 bits per heavy atom. The van der Waals surface area contributed by atoms with E-state index in [0.29, 0.717) is 0 Å². The van der Waals surface area contributed by atoms with E-state index in [-0.39, 0.29) is 0 Å². The van der Waals surface area contributed by atoms with Gasteiger partial charge in [-0.3, -0.25) is 0 Å². The molecule has 0 unspecified atom stereocenters. The maximum atomic E-state index is 2.45. The van der Waals surface area contributed by atoms with E-state index < -0.39 is 8.07 Å². The van der Waals surface area contributed by atoms with Gasteiger partial charge in [0.05, 0.1) is 0 Å². The van der Waals surface area contributed by atoms with Gasteiger partial charge in [0.25, 0.3) is 0 Å². The molecule has 1 heterocycles. The lowest BCUT2D eigenvalue weighted by atomic mass is 9.97. The average Bonchev–Trinajstić information content (AvgIpc) is 3.21. The predicted octanol–water partition coefficient (Wildman–Crippen LogP) is 5.66. The first-order valence-electron chi connectivity index (χ1n) is 12.0. The van der Waals surface area contributed by atoms with E-state index in [9.17, 15) is 0 Å². The van der Waals surface area contributed by atoms with E-state index in [1.807, 2.05) is 0 Å². The molecule has 1 heteroatoms. The molecule has 0 fully saturated rings. The van der Waals surface area contributed by atoms with Crippen LogP contribution >= 0.6 is 0 Å². The van der Waals surface area contributed by atoms with E-state index >= 15 is 0 Å². The molecule has 0 amide bonds. The molecule has 0 aliphatic carbocycles. The zero-order chi connectivity index (χ0) is 22.7. The van der Waals surface area contributed by atoms with Crippen LogP contribution in [0.4, 0.5) is 0 Å². The monoisotopic (exact) mass is 448 g/mol. The summed E-state index contributed by atoms with van der Waals surface area (Å²) in [4.78, 5) is 0. The molecule has 1 aliphatic rings. The fraction of sp³-hybridized carbons (Fsp3) is 0.0303. The highest BCUT2D eigenvalue weighted by molar-refractivity contribution is 7.23. The molecule has 0 N–H and O–H groups in total. The Hall–Kier alpha value is -3.94. The van der Waals surface area contributed by atoms with Crippen molar-refractivity contribution in [1.82, 2.24) is 0 Å². The maximum absolute atomic E-state index is 2.49. The third kappa shape index (κ3) is 2.53. The zero-order valence-corrected chi connectivity index (χ0v) is 20.1. The molecule has 0 nitrogen and oxygen atoms in total. The Morgan fingerprint density at radius 1 is 0.471 bits per heavy atom. The van der Waals surface area contributed by atoms with Gasteiger partial charge in [-0.25, -0.2) is 0 Å². The van der Waals surface area contributed by atoms with Crippen LogP contribution in [-0.4, -0.2) is 8.07 Å². The normalized spacial score (nSPS) is 13.7. The fourth-order valence-electron chi connectivity index (χ4n) is 6.21. The topological polar surface area (TPSA) is 0 Å². The van der Waals surface area contributed by atoms with Gasteiger partial charge in [-0.15, -0.1) is 0 Å². The Bertz CT molecular complexity index is 1660. The van der Waals surface area contributed by atoms with Crippen molar-refractivity contribution in [3.63, 3.8) is 0 Å². The Morgan fingerprint density at radius 2 is 1.09 bits per heavy atom. The summed E-state index contributed by atoms with van der Waals surface area (Å²) in [6.07, 6.45) is 0. The standard InChI is InChI=1S/C33H24Si/c1-23-11-10-12-24-22-31-25(21-30(23)24)19-20-29-28-17-8-9-18-32(28)34(33(29)31,26-13-4-2-5-14-26)27-15-6-3-7-16-27/h2-22H,1H3. The first-order chi connectivity index (χ1) is 16.8. The molecule has 0 radical (unpaired) electrons. The molecule has 6 aromatic carbocycles. The van der Waals surface area contributed by atoms with Gasteiger partial charge in [0, 0.05) is 0 Å². The van der Waals surface area contributed by atoms with Crippen LogP contribution in [0.15, 0.2) is 127 Å². The summed E-state index contributed by atoms with van der Waals surface area (Å²) in [5, 5.41) is 11.3. The second-order valence-corrected chi connectivity index (χ2v) is 13.1. The number of aryl methyl sites for hydroxylation is 1. The summed E-state index contributed by atoms with van der Waals surface area (Å²) < 4.78 is 0. The van der Waals surface area contributed by atoms with Crippen molar-refractivity contribution < 1.29 is 0 Å². The van der Waals surface area contributed by atoms with Crippen LogP contribution in [0.1, 0.15) is 5.56 Å². The van der Waals surface area contributed by atoms with Crippen LogP contribution in [0.5, 0.6) is 0 Å². The number of benzene rings is 6. The van der Waals surface area contributed by atoms with Gasteiger partial charge in [-0.1, -0.05) is 115 Å². The van der Waals surface area contributed by atoms with Crippen LogP contribution in [0.3, 0.4) is 0 Å². The molecule has 34 heavy (non-hydrogen) atoms. The highest BCUT2D eigenvalue weighted by atomic mass is 28.3. The van der Waals surface area contributed by atoms with Crippen molar-refractivity contribution in [3.8, 4) is 11.1 Å². The zero-order valence-electron chi connectivity index (χ0n) is 19.1. The summed E-state index contributed by atoms with van der Waals surface area (Å²) >= 11 is 0. The number of fused-ring (bicyclic) bond motifs is 6. The molecule has 1 aliphatic heterocycles. The number of hydrogen-bond donors (Lipinski definition) is 0. The lowest BCUT2D eigenvalue weighted by molar-refractivity contribution is 1.54. The first kappa shape index (κ1) is 19.5. The molecule has 0 bridgehead atoms. The molecule has 0 spiro atoms. The first-order valence-corrected chi connectivity index (χ1v) is 14.0. The second-order valence-electron chi connectivity index (χ2n) is 9.39. The van der Waals surface area contributed by atoms with Gasteiger partial charge in [0.2, 0.25) is 0 Å². The lowest BCUT2D eigenvalue weighted by Gasteiger charge is -2.32. The van der Waals surface area contributed by atoms with Gasteiger partial charge >= 0.3 is 0 Å². The van der Waals surface area contributed by atoms with Crippen LogP contribution in [0.25, 0.3) is 32.7 Å². The van der Waals surface area contributed by atoms with Crippen molar-refractivity contribution in [1.29, 1.82) is 0 Å². The molecular formula is C33H24Si. The maximum Gasteiger partial charge on any atom is 0.181 e. The minimum absolute atomic E-state index is 1.32. The van der Waals surface area contributed by atoms with Gasteiger partial charge in [-0.05, 0) is 78.0 Å². The van der Waals surface area contributed by atoms with E-state index in [2.05, 4.69) is 134 Å². The van der Waals surface area contributed by atoms with Crippen molar-refractivity contribution in [2.75, 3.05) is 0 Å². The fourth-order valence-corrected chi connectivity index (χ4v) is 11.6. The number of hydrogen-bond acceptors (Lipinski definition) is 0. The SMILES string of the molecule is Cc1cccc2cc3c4c(ccc3cc12)-c1ccccc1[Si]4(c1ccccc1)c1ccccc1. The van der Waals surface area contributed by atoms with Crippen LogP contribution in [-0.2, 0) is 0 Å². The summed E-state index contributed by atoms with van der Waals surface area (Å²) in [6, 6.07) is 47.9. The highest BCUT2D eigenvalue weighted by Crippen LogP contribution is 2.34. The van der Waals surface area contributed by atoms with Crippen LogP contribution in [0.2, 0.25) is 0 Å². The third-order valence-corrected chi connectivity index (χ3v) is 12.6. The molecule has 0 atom stereocenters. The van der Waals surface area contributed by atoms with Crippen molar-refractivity contribution in [3.05, 3.63) is 133 Å². The number of rotatable bonds is 2. The molecule has 0 saturated heterocycles. The molecule has 0 aromatic heterocycles. The largest absolute Gasteiger partial charge is 0.181 e. The summed E-state index contributed by atoms with van der Waals surface area (Å²) in [5.74, 6) is 0. The van der Waals surface area contributed by atoms with Crippen molar-refractivity contribution in [2.24, 2.45) is 0 Å². The molecular weight excluding hydrogens is 424 g/mol. The Kier molecular flexibility index (Phi) is 4.18. The predicted molar refractivity (Wildman–Crippen MR) is 149 cm³/mol. The average molecular weight is 449 g/mol. The molecule has 7 rings (SSSR count). The highest BCUT2D eigenvalue weighted by Gasteiger charge is 2.49. The van der Waals surface area contributed by atoms with Gasteiger partial charge < -0.3 is 0 Å². The van der Waals surface area contributed by atoms with Crippen LogP contribution < -0.4 is 20.7 Å². The van der Waals surface area contributed by atoms with Crippen molar-refractivity contribution >= 4 is 50.4 Å². The van der Waals surface area contributed by atoms with Gasteiger partial charge in [0.1, 0.15) is 0 Å². The molecule has 160 valence electrons.